The molecule has 10 heteroatoms. The zero-order chi connectivity index (χ0) is 23.5. The molecule has 0 atom stereocenters. The third-order valence-electron chi connectivity index (χ3n) is 4.98. The first-order valence-corrected chi connectivity index (χ1v) is 13.2. The first-order chi connectivity index (χ1) is 15.8. The van der Waals surface area contributed by atoms with Gasteiger partial charge >= 0.3 is 10.1 Å². The number of hydrogen-bond donors (Lipinski definition) is 0. The van der Waals surface area contributed by atoms with Crippen LogP contribution in [0.25, 0.3) is 10.9 Å². The molecule has 0 N–H and O–H groups in total. The molecule has 172 valence electrons. The van der Waals surface area contributed by atoms with Crippen molar-refractivity contribution >= 4 is 31.0 Å². The second kappa shape index (κ2) is 9.34. The Morgan fingerprint density at radius 2 is 1.67 bits per heavy atom. The average Bonchev–Trinajstić information content (AvgIpc) is 3.32. The molecule has 4 aromatic rings. The van der Waals surface area contributed by atoms with Crippen molar-refractivity contribution in [3.63, 3.8) is 0 Å². The van der Waals surface area contributed by atoms with Crippen LogP contribution in [-0.2, 0) is 33.2 Å². The van der Waals surface area contributed by atoms with E-state index >= 15 is 0 Å². The lowest BCUT2D eigenvalue weighted by atomic mass is 10.2. The highest BCUT2D eigenvalue weighted by Gasteiger charge is 2.28. The molecule has 0 radical (unpaired) electrons. The highest BCUT2D eigenvalue weighted by Crippen LogP contribution is 2.27. The van der Waals surface area contributed by atoms with E-state index in [2.05, 4.69) is 4.98 Å². The number of rotatable bonds is 9. The Morgan fingerprint density at radius 1 is 0.909 bits per heavy atom. The monoisotopic (exact) mass is 486 g/mol. The number of fused-ring (bicyclic) bond motifs is 1. The summed E-state index contributed by atoms with van der Waals surface area (Å²) in [6.45, 7) is 1.54. The molecule has 0 aliphatic carbocycles. The smallest absolute Gasteiger partial charge is 0.308 e. The van der Waals surface area contributed by atoms with Gasteiger partial charge in [0.05, 0.1) is 24.1 Å². The van der Waals surface area contributed by atoms with E-state index in [1.54, 1.807) is 54.7 Å². The van der Waals surface area contributed by atoms with Gasteiger partial charge < -0.3 is 8.60 Å². The molecule has 4 rings (SSSR count). The van der Waals surface area contributed by atoms with Crippen LogP contribution < -0.4 is 4.18 Å². The lowest BCUT2D eigenvalue weighted by Crippen LogP contribution is -2.30. The van der Waals surface area contributed by atoms with E-state index in [9.17, 15) is 16.8 Å². The number of benzene rings is 2. The minimum atomic E-state index is -3.96. The van der Waals surface area contributed by atoms with Gasteiger partial charge in [0.25, 0.3) is 0 Å². The minimum absolute atomic E-state index is 0.0149. The van der Waals surface area contributed by atoms with Crippen molar-refractivity contribution in [3.05, 3.63) is 90.5 Å². The van der Waals surface area contributed by atoms with E-state index in [1.807, 2.05) is 0 Å². The van der Waals surface area contributed by atoms with Crippen LogP contribution in [-0.4, -0.2) is 31.9 Å². The van der Waals surface area contributed by atoms with Crippen molar-refractivity contribution in [1.82, 2.24) is 9.29 Å². The Bertz CT molecular complexity index is 1440. The van der Waals surface area contributed by atoms with E-state index in [0.717, 1.165) is 5.39 Å². The minimum Gasteiger partial charge on any atom is -0.468 e. The summed E-state index contributed by atoms with van der Waals surface area (Å²) in [6.07, 6.45) is 3.04. The Hall–Kier alpha value is -3.21. The summed E-state index contributed by atoms with van der Waals surface area (Å²) >= 11 is 0. The molecule has 0 saturated heterocycles. The summed E-state index contributed by atoms with van der Waals surface area (Å²) < 4.78 is 62.5. The zero-order valence-electron chi connectivity index (χ0n) is 17.8. The molecule has 0 bridgehead atoms. The fraction of sp³-hybridized carbons (Fsp3) is 0.174. The summed E-state index contributed by atoms with van der Waals surface area (Å²) in [6, 6.07) is 18.2. The van der Waals surface area contributed by atoms with Gasteiger partial charge in [-0.3, -0.25) is 4.98 Å². The van der Waals surface area contributed by atoms with Crippen molar-refractivity contribution in [2.75, 3.05) is 5.75 Å². The van der Waals surface area contributed by atoms with Crippen LogP contribution in [0.4, 0.5) is 0 Å². The summed E-state index contributed by atoms with van der Waals surface area (Å²) in [5, 5.41) is 0.718. The second-order valence-corrected chi connectivity index (χ2v) is 11.0. The molecule has 2 heterocycles. The normalized spacial score (nSPS) is 12.3. The fourth-order valence-corrected chi connectivity index (χ4v) is 5.37. The Balaban J connectivity index is 1.68. The third kappa shape index (κ3) is 5.24. The number of pyridine rings is 1. The van der Waals surface area contributed by atoms with Gasteiger partial charge in [0.2, 0.25) is 10.0 Å². The maximum absolute atomic E-state index is 13.7. The third-order valence-corrected chi connectivity index (χ3v) is 7.96. The number of hydrogen-bond acceptors (Lipinski definition) is 7. The van der Waals surface area contributed by atoms with Gasteiger partial charge in [-0.1, -0.05) is 30.3 Å². The molecule has 0 spiro atoms. The van der Waals surface area contributed by atoms with Gasteiger partial charge in [-0.05, 0) is 48.9 Å². The van der Waals surface area contributed by atoms with Gasteiger partial charge in [0, 0.05) is 18.1 Å². The maximum Gasteiger partial charge on any atom is 0.308 e. The SMILES string of the molecule is CCS(=O)(=O)Oc1ccc(CN(Cc2ccco2)S(=O)(=O)c2cccc3cccnc23)cc1. The van der Waals surface area contributed by atoms with Gasteiger partial charge in [-0.15, -0.1) is 0 Å². The topological polar surface area (TPSA) is 107 Å². The number of nitrogens with zero attached hydrogens (tertiary/aromatic N) is 2. The molecule has 0 aliphatic heterocycles. The number of para-hydroxylation sites is 1. The number of aromatic nitrogens is 1. The molecule has 0 amide bonds. The van der Waals surface area contributed by atoms with Crippen molar-refractivity contribution in [3.8, 4) is 5.75 Å². The second-order valence-electron chi connectivity index (χ2n) is 7.26. The predicted octanol–water partition coefficient (Wildman–Crippen LogP) is 3.95. The number of furan rings is 1. The summed E-state index contributed by atoms with van der Waals surface area (Å²) in [7, 11) is -7.61. The standard InChI is InChI=1S/C23H22N2O6S2/c1-2-32(26,27)31-20-12-10-18(11-13-20)16-25(17-21-8-5-15-30-21)33(28,29)22-9-3-6-19-7-4-14-24-23(19)22/h3-15H,2,16-17H2,1H3. The lowest BCUT2D eigenvalue weighted by molar-refractivity contribution is 0.358. The van der Waals surface area contributed by atoms with Crippen molar-refractivity contribution in [2.45, 2.75) is 24.9 Å². The van der Waals surface area contributed by atoms with Crippen LogP contribution in [0.2, 0.25) is 0 Å². The molecule has 0 aliphatic rings. The van der Waals surface area contributed by atoms with Crippen molar-refractivity contribution < 1.29 is 25.4 Å². The quantitative estimate of drug-likeness (QED) is 0.330. The van der Waals surface area contributed by atoms with Gasteiger partial charge in [-0.25, -0.2) is 8.42 Å². The van der Waals surface area contributed by atoms with Gasteiger partial charge in [-0.2, -0.15) is 12.7 Å². The Kier molecular flexibility index (Phi) is 6.50. The Labute approximate surface area is 192 Å². The van der Waals surface area contributed by atoms with Crippen molar-refractivity contribution in [2.24, 2.45) is 0 Å². The Morgan fingerprint density at radius 3 is 2.36 bits per heavy atom. The molecule has 0 saturated carbocycles. The largest absolute Gasteiger partial charge is 0.468 e. The van der Waals surface area contributed by atoms with Crippen molar-refractivity contribution in [1.29, 1.82) is 0 Å². The predicted molar refractivity (Wildman–Crippen MR) is 123 cm³/mol. The van der Waals surface area contributed by atoms with Crippen LogP contribution in [0.5, 0.6) is 5.75 Å². The molecule has 8 nitrogen and oxygen atoms in total. The fourth-order valence-electron chi connectivity index (χ4n) is 3.29. The van der Waals surface area contributed by atoms with Gasteiger partial charge in [0.15, 0.2) is 0 Å². The highest BCUT2D eigenvalue weighted by molar-refractivity contribution is 7.89. The lowest BCUT2D eigenvalue weighted by Gasteiger charge is -2.22. The van der Waals surface area contributed by atoms with Crippen LogP contribution in [0.3, 0.4) is 0 Å². The summed E-state index contributed by atoms with van der Waals surface area (Å²) in [5.41, 5.74) is 1.04. The summed E-state index contributed by atoms with van der Waals surface area (Å²) in [4.78, 5) is 4.38. The van der Waals surface area contributed by atoms with E-state index < -0.39 is 20.1 Å². The maximum atomic E-state index is 13.7. The molecular weight excluding hydrogens is 464 g/mol. The van der Waals surface area contributed by atoms with Gasteiger partial charge in [0.1, 0.15) is 16.4 Å². The van der Waals surface area contributed by atoms with E-state index in [4.69, 9.17) is 8.60 Å². The molecule has 33 heavy (non-hydrogen) atoms. The first kappa shape index (κ1) is 23.0. The first-order valence-electron chi connectivity index (χ1n) is 10.2. The zero-order valence-corrected chi connectivity index (χ0v) is 19.4. The molecular formula is C23H22N2O6S2. The average molecular weight is 487 g/mol. The van der Waals surface area contributed by atoms with Crippen LogP contribution in [0.1, 0.15) is 18.2 Å². The van der Waals surface area contributed by atoms with Crippen LogP contribution >= 0.6 is 0 Å². The van der Waals surface area contributed by atoms with E-state index in [0.29, 0.717) is 16.8 Å². The highest BCUT2D eigenvalue weighted by atomic mass is 32.2. The van der Waals surface area contributed by atoms with Crippen LogP contribution in [0.15, 0.2) is 88.5 Å². The summed E-state index contributed by atoms with van der Waals surface area (Å²) in [5.74, 6) is 0.503. The molecule has 2 aromatic carbocycles. The molecule has 2 aromatic heterocycles. The van der Waals surface area contributed by atoms with E-state index in [-0.39, 0.29) is 29.5 Å². The molecule has 0 unspecified atom stereocenters. The van der Waals surface area contributed by atoms with Crippen LogP contribution in [0, 0.1) is 0 Å². The van der Waals surface area contributed by atoms with E-state index in [1.165, 1.54) is 35.7 Å². The number of sulfonamides is 1. The molecule has 0 fully saturated rings.